The van der Waals surface area contributed by atoms with E-state index in [-0.39, 0.29) is 25.2 Å². The molecule has 1 N–H and O–H groups in total. The number of aliphatic hydroxyl groups is 1. The Balaban J connectivity index is 3.39. The van der Waals surface area contributed by atoms with E-state index in [1.807, 2.05) is 0 Å². The first-order valence-corrected chi connectivity index (χ1v) is 17.4. The molecule has 0 radical (unpaired) electrons. The maximum absolute atomic E-state index is 11.9. The molecule has 0 rings (SSSR count). The van der Waals surface area contributed by atoms with Crippen molar-refractivity contribution >= 4 is 11.9 Å². The van der Waals surface area contributed by atoms with E-state index in [1.165, 1.54) is 128 Å². The zero-order valence-corrected chi connectivity index (χ0v) is 27.0. The summed E-state index contributed by atoms with van der Waals surface area (Å²) in [6, 6.07) is 0. The smallest absolute Gasteiger partial charge is 0.305 e. The quantitative estimate of drug-likeness (QED) is 0.0665. The SMILES string of the molecule is CCCCCCCCCCCCC(=O)OC[C@H](O)COC(=O)CCCCCCCCCCCCCCCC(C)C. The van der Waals surface area contributed by atoms with Gasteiger partial charge >= 0.3 is 11.9 Å². The first-order valence-electron chi connectivity index (χ1n) is 17.4. The van der Waals surface area contributed by atoms with Gasteiger partial charge in [-0.1, -0.05) is 162 Å². The summed E-state index contributed by atoms with van der Waals surface area (Å²) in [4.78, 5) is 23.8. The Bertz CT molecular complexity index is 548. The molecule has 40 heavy (non-hydrogen) atoms. The number of aliphatic hydroxyl groups excluding tert-OH is 1. The predicted molar refractivity (Wildman–Crippen MR) is 168 cm³/mol. The van der Waals surface area contributed by atoms with E-state index >= 15 is 0 Å². The average Bonchev–Trinajstić information content (AvgIpc) is 2.93. The highest BCUT2D eigenvalue weighted by Crippen LogP contribution is 2.15. The number of carbonyl (C=O) groups excluding carboxylic acids is 2. The minimum atomic E-state index is -0.953. The minimum absolute atomic E-state index is 0.109. The molecule has 0 fully saturated rings. The molecule has 1 atom stereocenters. The summed E-state index contributed by atoms with van der Waals surface area (Å²) in [6.45, 7) is 6.64. The second kappa shape index (κ2) is 30.8. The molecule has 0 spiro atoms. The Kier molecular flexibility index (Phi) is 30.0. The Labute approximate surface area is 248 Å². The molecular weight excluding hydrogens is 500 g/mol. The van der Waals surface area contributed by atoms with Crippen molar-refractivity contribution in [3.8, 4) is 0 Å². The molecule has 0 aromatic carbocycles. The lowest BCUT2D eigenvalue weighted by molar-refractivity contribution is -0.152. The summed E-state index contributed by atoms with van der Waals surface area (Å²) in [5.74, 6) is 0.290. The van der Waals surface area contributed by atoms with Crippen molar-refractivity contribution in [2.75, 3.05) is 13.2 Å². The Morgan fingerprint density at radius 2 is 0.800 bits per heavy atom. The second-order valence-corrected chi connectivity index (χ2v) is 12.5. The maximum atomic E-state index is 11.9. The van der Waals surface area contributed by atoms with Gasteiger partial charge in [0.1, 0.15) is 19.3 Å². The van der Waals surface area contributed by atoms with Crippen LogP contribution in [0.5, 0.6) is 0 Å². The molecule has 238 valence electrons. The maximum Gasteiger partial charge on any atom is 0.305 e. The zero-order valence-electron chi connectivity index (χ0n) is 27.0. The first-order chi connectivity index (χ1) is 19.5. The predicted octanol–water partition coefficient (Wildman–Crippen LogP) is 10.3. The average molecular weight is 569 g/mol. The van der Waals surface area contributed by atoms with Gasteiger partial charge in [-0.15, -0.1) is 0 Å². The molecule has 0 aliphatic heterocycles. The Morgan fingerprint density at radius 1 is 0.500 bits per heavy atom. The third-order valence-electron chi connectivity index (χ3n) is 7.77. The summed E-state index contributed by atoms with van der Waals surface area (Å²) in [6.07, 6.45) is 30.1. The molecule has 0 aliphatic carbocycles. The highest BCUT2D eigenvalue weighted by atomic mass is 16.6. The third-order valence-corrected chi connectivity index (χ3v) is 7.77. The Hall–Kier alpha value is -1.10. The van der Waals surface area contributed by atoms with Crippen LogP contribution in [0.25, 0.3) is 0 Å². The third kappa shape index (κ3) is 31.4. The van der Waals surface area contributed by atoms with E-state index in [1.54, 1.807) is 0 Å². The second-order valence-electron chi connectivity index (χ2n) is 12.5. The van der Waals surface area contributed by atoms with Crippen LogP contribution in [0.1, 0.15) is 188 Å². The number of carbonyl (C=O) groups is 2. The van der Waals surface area contributed by atoms with Crippen LogP contribution in [0.15, 0.2) is 0 Å². The number of rotatable bonds is 31. The van der Waals surface area contributed by atoms with Crippen molar-refractivity contribution in [3.63, 3.8) is 0 Å². The van der Waals surface area contributed by atoms with Crippen molar-refractivity contribution in [1.29, 1.82) is 0 Å². The van der Waals surface area contributed by atoms with E-state index in [4.69, 9.17) is 9.47 Å². The number of esters is 2. The fourth-order valence-electron chi connectivity index (χ4n) is 5.09. The monoisotopic (exact) mass is 569 g/mol. The van der Waals surface area contributed by atoms with Crippen molar-refractivity contribution in [3.05, 3.63) is 0 Å². The van der Waals surface area contributed by atoms with Gasteiger partial charge < -0.3 is 14.6 Å². The molecule has 0 aliphatic rings. The van der Waals surface area contributed by atoms with Gasteiger partial charge in [-0.05, 0) is 18.8 Å². The van der Waals surface area contributed by atoms with Crippen LogP contribution in [0.4, 0.5) is 0 Å². The molecule has 0 heterocycles. The van der Waals surface area contributed by atoms with Crippen LogP contribution in [-0.2, 0) is 19.1 Å². The van der Waals surface area contributed by atoms with E-state index in [2.05, 4.69) is 20.8 Å². The number of unbranched alkanes of at least 4 members (excludes halogenated alkanes) is 21. The van der Waals surface area contributed by atoms with Gasteiger partial charge in [0.05, 0.1) is 0 Å². The molecule has 5 heteroatoms. The fraction of sp³-hybridized carbons (Fsp3) is 0.943. The van der Waals surface area contributed by atoms with Gasteiger partial charge in [0.2, 0.25) is 0 Å². The fourth-order valence-corrected chi connectivity index (χ4v) is 5.09. The summed E-state index contributed by atoms with van der Waals surface area (Å²) < 4.78 is 10.3. The summed E-state index contributed by atoms with van der Waals surface area (Å²) in [7, 11) is 0. The van der Waals surface area contributed by atoms with Gasteiger partial charge in [0, 0.05) is 12.8 Å². The topological polar surface area (TPSA) is 72.8 Å². The molecule has 0 saturated carbocycles. The molecule has 0 aromatic rings. The van der Waals surface area contributed by atoms with Crippen molar-refractivity contribution in [2.24, 2.45) is 5.92 Å². The van der Waals surface area contributed by atoms with Crippen LogP contribution in [0, 0.1) is 5.92 Å². The van der Waals surface area contributed by atoms with Crippen molar-refractivity contribution in [1.82, 2.24) is 0 Å². The van der Waals surface area contributed by atoms with E-state index in [0.29, 0.717) is 12.8 Å². The summed E-state index contributed by atoms with van der Waals surface area (Å²) in [5.41, 5.74) is 0. The van der Waals surface area contributed by atoms with Crippen LogP contribution < -0.4 is 0 Å². The van der Waals surface area contributed by atoms with Gasteiger partial charge in [-0.25, -0.2) is 0 Å². The highest BCUT2D eigenvalue weighted by Gasteiger charge is 2.12. The van der Waals surface area contributed by atoms with Gasteiger partial charge in [0.15, 0.2) is 0 Å². The van der Waals surface area contributed by atoms with Gasteiger partial charge in [-0.3, -0.25) is 9.59 Å². The zero-order chi connectivity index (χ0) is 29.5. The number of hydrogen-bond acceptors (Lipinski definition) is 5. The lowest BCUT2D eigenvalue weighted by atomic mass is 10.0. The van der Waals surface area contributed by atoms with Crippen LogP contribution >= 0.6 is 0 Å². The normalized spacial score (nSPS) is 12.1. The molecule has 0 amide bonds. The molecule has 0 unspecified atom stereocenters. The van der Waals surface area contributed by atoms with E-state index in [9.17, 15) is 14.7 Å². The first kappa shape index (κ1) is 38.9. The van der Waals surface area contributed by atoms with Gasteiger partial charge in [0.25, 0.3) is 0 Å². The van der Waals surface area contributed by atoms with Crippen molar-refractivity contribution < 1.29 is 24.2 Å². The highest BCUT2D eigenvalue weighted by molar-refractivity contribution is 5.69. The van der Waals surface area contributed by atoms with Crippen molar-refractivity contribution in [2.45, 2.75) is 194 Å². The largest absolute Gasteiger partial charge is 0.463 e. The number of hydrogen-bond donors (Lipinski definition) is 1. The summed E-state index contributed by atoms with van der Waals surface area (Å²) in [5, 5.41) is 9.95. The summed E-state index contributed by atoms with van der Waals surface area (Å²) >= 11 is 0. The van der Waals surface area contributed by atoms with Crippen LogP contribution in [0.2, 0.25) is 0 Å². The van der Waals surface area contributed by atoms with E-state index in [0.717, 1.165) is 31.6 Å². The number of ether oxygens (including phenoxy) is 2. The lowest BCUT2D eigenvalue weighted by Crippen LogP contribution is -2.25. The molecule has 0 bridgehead atoms. The lowest BCUT2D eigenvalue weighted by Gasteiger charge is -2.12. The van der Waals surface area contributed by atoms with E-state index < -0.39 is 6.10 Å². The standard InChI is InChI=1S/C35H68O5/c1-4-5-6-7-8-9-16-19-22-25-28-34(37)39-30-33(36)31-40-35(38)29-26-23-20-17-14-12-10-11-13-15-18-21-24-27-32(2)3/h32-33,36H,4-31H2,1-3H3/t33-/m0/s1. The Morgan fingerprint density at radius 3 is 1.12 bits per heavy atom. The minimum Gasteiger partial charge on any atom is -0.463 e. The molecule has 5 nitrogen and oxygen atoms in total. The molecular formula is C35H68O5. The van der Waals surface area contributed by atoms with Crippen LogP contribution in [-0.4, -0.2) is 36.4 Å². The molecule has 0 aromatic heterocycles. The molecule has 0 saturated heterocycles. The van der Waals surface area contributed by atoms with Gasteiger partial charge in [-0.2, -0.15) is 0 Å². The van der Waals surface area contributed by atoms with Crippen LogP contribution in [0.3, 0.4) is 0 Å².